The van der Waals surface area contributed by atoms with E-state index in [4.69, 9.17) is 10.5 Å². The van der Waals surface area contributed by atoms with E-state index < -0.39 is 0 Å². The van der Waals surface area contributed by atoms with E-state index in [2.05, 4.69) is 30.4 Å². The summed E-state index contributed by atoms with van der Waals surface area (Å²) in [4.78, 5) is 1.15. The second-order valence-corrected chi connectivity index (χ2v) is 7.19. The molecule has 2 atom stereocenters. The standard InChI is InChI=1S/C14H25N3OS/c1-14(2,3)13-12(19-17-16-13)11(15)8-4-6-10-7-5-9-18-10/h10-11H,4-9,15H2,1-3H3. The SMILES string of the molecule is CC(C)(C)c1nnsc1C(N)CCCC1CCCO1. The highest BCUT2D eigenvalue weighted by molar-refractivity contribution is 7.05. The zero-order valence-electron chi connectivity index (χ0n) is 12.2. The molecule has 0 spiro atoms. The lowest BCUT2D eigenvalue weighted by molar-refractivity contribution is 0.101. The Kier molecular flexibility index (Phi) is 4.92. The minimum Gasteiger partial charge on any atom is -0.378 e. The molecule has 1 aromatic heterocycles. The van der Waals surface area contributed by atoms with Crippen LogP contribution in [0.3, 0.4) is 0 Å². The number of rotatable bonds is 5. The predicted molar refractivity (Wildman–Crippen MR) is 78.4 cm³/mol. The number of ether oxygens (including phenoxy) is 1. The molecular weight excluding hydrogens is 258 g/mol. The van der Waals surface area contributed by atoms with Crippen molar-refractivity contribution < 1.29 is 4.74 Å². The molecule has 19 heavy (non-hydrogen) atoms. The Labute approximate surface area is 119 Å². The highest BCUT2D eigenvalue weighted by Crippen LogP contribution is 2.31. The molecule has 1 fully saturated rings. The molecule has 5 heteroatoms. The monoisotopic (exact) mass is 283 g/mol. The van der Waals surface area contributed by atoms with E-state index in [9.17, 15) is 0 Å². The van der Waals surface area contributed by atoms with Gasteiger partial charge in [0.25, 0.3) is 0 Å². The summed E-state index contributed by atoms with van der Waals surface area (Å²) in [5, 5.41) is 4.26. The van der Waals surface area contributed by atoms with E-state index in [1.807, 2.05) is 0 Å². The molecular formula is C14H25N3OS. The average Bonchev–Trinajstić information content (AvgIpc) is 2.98. The third-order valence-corrected chi connectivity index (χ3v) is 4.48. The van der Waals surface area contributed by atoms with Crippen molar-refractivity contribution in [1.82, 2.24) is 9.59 Å². The molecule has 0 bridgehead atoms. The molecule has 1 aliphatic rings. The van der Waals surface area contributed by atoms with E-state index in [0.717, 1.165) is 36.4 Å². The highest BCUT2D eigenvalue weighted by atomic mass is 32.1. The van der Waals surface area contributed by atoms with Crippen molar-refractivity contribution in [3.05, 3.63) is 10.6 Å². The quantitative estimate of drug-likeness (QED) is 0.901. The van der Waals surface area contributed by atoms with Gasteiger partial charge in [0.05, 0.1) is 16.7 Å². The Morgan fingerprint density at radius 1 is 1.47 bits per heavy atom. The van der Waals surface area contributed by atoms with Crippen LogP contribution < -0.4 is 5.73 Å². The van der Waals surface area contributed by atoms with Gasteiger partial charge in [-0.05, 0) is 43.6 Å². The van der Waals surface area contributed by atoms with Crippen LogP contribution in [0.5, 0.6) is 0 Å². The van der Waals surface area contributed by atoms with Crippen molar-refractivity contribution in [2.75, 3.05) is 6.61 Å². The maximum Gasteiger partial charge on any atom is 0.0856 e. The molecule has 0 aromatic carbocycles. The van der Waals surface area contributed by atoms with Gasteiger partial charge in [-0.25, -0.2) is 0 Å². The highest BCUT2D eigenvalue weighted by Gasteiger charge is 2.25. The van der Waals surface area contributed by atoms with Crippen molar-refractivity contribution in [3.8, 4) is 0 Å². The molecule has 4 nitrogen and oxygen atoms in total. The first-order valence-electron chi connectivity index (χ1n) is 7.18. The van der Waals surface area contributed by atoms with Crippen LogP contribution in [0.15, 0.2) is 0 Å². The van der Waals surface area contributed by atoms with E-state index in [1.54, 1.807) is 0 Å². The Morgan fingerprint density at radius 3 is 2.89 bits per heavy atom. The molecule has 0 saturated carbocycles. The summed E-state index contributed by atoms with van der Waals surface area (Å²) < 4.78 is 9.72. The van der Waals surface area contributed by atoms with Gasteiger partial charge >= 0.3 is 0 Å². The number of hydrogen-bond donors (Lipinski definition) is 1. The first-order valence-corrected chi connectivity index (χ1v) is 7.95. The van der Waals surface area contributed by atoms with E-state index in [1.165, 1.54) is 24.4 Å². The van der Waals surface area contributed by atoms with Crippen LogP contribution in [0.25, 0.3) is 0 Å². The Morgan fingerprint density at radius 2 is 2.26 bits per heavy atom. The number of nitrogens with two attached hydrogens (primary N) is 1. The Bertz CT molecular complexity index is 394. The molecule has 2 N–H and O–H groups in total. The van der Waals surface area contributed by atoms with Gasteiger partial charge < -0.3 is 10.5 Å². The number of nitrogens with zero attached hydrogens (tertiary/aromatic N) is 2. The van der Waals surface area contributed by atoms with E-state index in [-0.39, 0.29) is 11.5 Å². The fourth-order valence-corrected chi connectivity index (χ4v) is 3.43. The largest absolute Gasteiger partial charge is 0.378 e. The summed E-state index contributed by atoms with van der Waals surface area (Å²) in [5.41, 5.74) is 7.39. The van der Waals surface area contributed by atoms with Crippen molar-refractivity contribution in [3.63, 3.8) is 0 Å². The number of aromatic nitrogens is 2. The summed E-state index contributed by atoms with van der Waals surface area (Å²) in [6.07, 6.45) is 6.13. The second-order valence-electron chi connectivity index (χ2n) is 6.41. The molecule has 1 aliphatic heterocycles. The average molecular weight is 283 g/mol. The molecule has 1 saturated heterocycles. The van der Waals surface area contributed by atoms with Gasteiger partial charge in [-0.15, -0.1) is 5.10 Å². The van der Waals surface area contributed by atoms with Crippen LogP contribution in [0.4, 0.5) is 0 Å². The summed E-state index contributed by atoms with van der Waals surface area (Å²) in [6, 6.07) is 0.0654. The smallest absolute Gasteiger partial charge is 0.0856 e. The van der Waals surface area contributed by atoms with Gasteiger partial charge in [0, 0.05) is 18.1 Å². The topological polar surface area (TPSA) is 61.0 Å². The lowest BCUT2D eigenvalue weighted by Crippen LogP contribution is -2.19. The van der Waals surface area contributed by atoms with Crippen molar-refractivity contribution >= 4 is 11.5 Å². The molecule has 108 valence electrons. The Hall–Kier alpha value is -0.520. The lowest BCUT2D eigenvalue weighted by Gasteiger charge is -2.19. The third kappa shape index (κ3) is 3.97. The van der Waals surface area contributed by atoms with Crippen molar-refractivity contribution in [1.29, 1.82) is 0 Å². The van der Waals surface area contributed by atoms with Gasteiger partial charge in [-0.2, -0.15) is 0 Å². The van der Waals surface area contributed by atoms with Gasteiger partial charge in [0.15, 0.2) is 0 Å². The van der Waals surface area contributed by atoms with Crippen LogP contribution in [0.2, 0.25) is 0 Å². The van der Waals surface area contributed by atoms with Gasteiger partial charge in [-0.1, -0.05) is 25.3 Å². The maximum absolute atomic E-state index is 6.31. The minimum atomic E-state index is 0.0223. The molecule has 2 heterocycles. The van der Waals surface area contributed by atoms with Crippen LogP contribution in [-0.4, -0.2) is 22.3 Å². The predicted octanol–water partition coefficient (Wildman–Crippen LogP) is 3.18. The molecule has 1 aromatic rings. The minimum absolute atomic E-state index is 0.0223. The summed E-state index contributed by atoms with van der Waals surface area (Å²) in [7, 11) is 0. The summed E-state index contributed by atoms with van der Waals surface area (Å²) >= 11 is 1.45. The fourth-order valence-electron chi connectivity index (χ4n) is 2.53. The molecule has 2 rings (SSSR count). The maximum atomic E-state index is 6.31. The first kappa shape index (κ1) is 14.9. The molecule has 0 radical (unpaired) electrons. The molecule has 0 amide bonds. The zero-order chi connectivity index (χ0) is 13.9. The Balaban J connectivity index is 1.85. The van der Waals surface area contributed by atoms with E-state index in [0.29, 0.717) is 6.10 Å². The fraction of sp³-hybridized carbons (Fsp3) is 0.857. The van der Waals surface area contributed by atoms with Gasteiger partial charge in [-0.3, -0.25) is 0 Å². The number of hydrogen-bond acceptors (Lipinski definition) is 5. The van der Waals surface area contributed by atoms with E-state index >= 15 is 0 Å². The molecule has 0 aliphatic carbocycles. The lowest BCUT2D eigenvalue weighted by atomic mass is 9.89. The molecule has 2 unspecified atom stereocenters. The van der Waals surface area contributed by atoms with Crippen molar-refractivity contribution in [2.24, 2.45) is 5.73 Å². The van der Waals surface area contributed by atoms with Gasteiger partial charge in [0.2, 0.25) is 0 Å². The van der Waals surface area contributed by atoms with Crippen molar-refractivity contribution in [2.45, 2.75) is 70.4 Å². The zero-order valence-corrected chi connectivity index (χ0v) is 13.0. The van der Waals surface area contributed by atoms with Crippen LogP contribution in [0.1, 0.15) is 69.5 Å². The van der Waals surface area contributed by atoms with Gasteiger partial charge in [0.1, 0.15) is 0 Å². The van der Waals surface area contributed by atoms with Crippen LogP contribution in [-0.2, 0) is 10.2 Å². The first-order chi connectivity index (χ1) is 8.98. The van der Waals surface area contributed by atoms with Crippen LogP contribution >= 0.6 is 11.5 Å². The summed E-state index contributed by atoms with van der Waals surface area (Å²) in [6.45, 7) is 7.41. The van der Waals surface area contributed by atoms with Crippen LogP contribution in [0, 0.1) is 0 Å². The normalized spacial score (nSPS) is 21.8. The summed E-state index contributed by atoms with van der Waals surface area (Å²) in [5.74, 6) is 0. The third-order valence-electron chi connectivity index (χ3n) is 3.63. The second kappa shape index (κ2) is 6.29.